The van der Waals surface area contributed by atoms with Crippen LogP contribution in [-0.2, 0) is 4.74 Å². The maximum Gasteiger partial charge on any atom is 0.269 e. The molecule has 5 nitrogen and oxygen atoms in total. The van der Waals surface area contributed by atoms with Crippen molar-refractivity contribution in [2.24, 2.45) is 0 Å². The van der Waals surface area contributed by atoms with Gasteiger partial charge in [0.2, 0.25) is 0 Å². The molecule has 0 saturated heterocycles. The van der Waals surface area contributed by atoms with Crippen molar-refractivity contribution in [1.29, 1.82) is 5.26 Å². The van der Waals surface area contributed by atoms with Crippen LogP contribution in [0, 0.1) is 17.1 Å². The normalized spacial score (nSPS) is 10.2. The topological polar surface area (TPSA) is 67.0 Å². The lowest BCUT2D eigenvalue weighted by Gasteiger charge is -2.11. The number of rotatable bonds is 6. The van der Waals surface area contributed by atoms with Gasteiger partial charge in [-0.1, -0.05) is 12.1 Å². The summed E-state index contributed by atoms with van der Waals surface area (Å²) in [5, 5.41) is 11.9. The molecular formula is C16H16FN3O2. The number of halogens is 1. The molecule has 2 aromatic rings. The predicted octanol–water partition coefficient (Wildman–Crippen LogP) is 2.25. The molecule has 1 aromatic carbocycles. The van der Waals surface area contributed by atoms with E-state index in [1.165, 1.54) is 22.9 Å². The Morgan fingerprint density at radius 3 is 2.86 bits per heavy atom. The Labute approximate surface area is 127 Å². The van der Waals surface area contributed by atoms with Crippen LogP contribution in [0.1, 0.15) is 22.5 Å². The Morgan fingerprint density at radius 1 is 1.41 bits per heavy atom. The summed E-state index contributed by atoms with van der Waals surface area (Å²) in [5.74, 6) is -0.878. The molecule has 114 valence electrons. The number of nitrogens with one attached hydrogen (secondary N) is 1. The largest absolute Gasteiger partial charge is 0.385 e. The molecule has 1 N–H and O–H groups in total. The summed E-state index contributed by atoms with van der Waals surface area (Å²) in [6.45, 7) is 0.944. The van der Waals surface area contributed by atoms with Crippen LogP contribution < -0.4 is 5.32 Å². The number of para-hydroxylation sites is 1. The number of carbonyl (C=O) groups excluding carboxylic acids is 1. The summed E-state index contributed by atoms with van der Waals surface area (Å²) in [6, 6.07) is 9.56. The van der Waals surface area contributed by atoms with Gasteiger partial charge < -0.3 is 14.6 Å². The highest BCUT2D eigenvalue weighted by Gasteiger charge is 2.19. The number of amides is 1. The van der Waals surface area contributed by atoms with Gasteiger partial charge in [0.1, 0.15) is 17.6 Å². The van der Waals surface area contributed by atoms with E-state index < -0.39 is 11.7 Å². The minimum atomic E-state index is -0.462. The highest BCUT2D eigenvalue weighted by molar-refractivity contribution is 5.95. The fourth-order valence-electron chi connectivity index (χ4n) is 2.10. The zero-order chi connectivity index (χ0) is 15.9. The van der Waals surface area contributed by atoms with Crippen LogP contribution in [-0.4, -0.2) is 30.7 Å². The first-order valence-electron chi connectivity index (χ1n) is 6.82. The summed E-state index contributed by atoms with van der Waals surface area (Å²) >= 11 is 0. The van der Waals surface area contributed by atoms with Crippen molar-refractivity contribution in [3.8, 4) is 11.8 Å². The van der Waals surface area contributed by atoms with Gasteiger partial charge in [-0.15, -0.1) is 0 Å². The van der Waals surface area contributed by atoms with Gasteiger partial charge in [0.15, 0.2) is 0 Å². The van der Waals surface area contributed by atoms with E-state index in [9.17, 15) is 9.18 Å². The van der Waals surface area contributed by atoms with Gasteiger partial charge in [-0.05, 0) is 24.6 Å². The number of carbonyl (C=O) groups is 1. The molecule has 6 heteroatoms. The molecule has 0 aliphatic carbocycles. The first-order chi connectivity index (χ1) is 10.7. The molecule has 2 rings (SSSR count). The summed E-state index contributed by atoms with van der Waals surface area (Å²) in [6.07, 6.45) is 2.17. The van der Waals surface area contributed by atoms with Gasteiger partial charge in [-0.2, -0.15) is 5.26 Å². The van der Waals surface area contributed by atoms with Gasteiger partial charge in [-0.3, -0.25) is 4.79 Å². The van der Waals surface area contributed by atoms with Crippen molar-refractivity contribution in [1.82, 2.24) is 9.88 Å². The highest BCUT2D eigenvalue weighted by Crippen LogP contribution is 2.19. The standard InChI is InChI=1S/C16H16FN3O2/c1-22-10-4-8-19-16(21)15-12(11-18)7-9-20(15)14-6-3-2-5-13(14)17/h2-3,5-7,9H,4,8,10H2,1H3,(H,19,21). The molecule has 1 aromatic heterocycles. The van der Waals surface area contributed by atoms with E-state index in [1.807, 2.05) is 6.07 Å². The smallest absolute Gasteiger partial charge is 0.269 e. The number of benzene rings is 1. The summed E-state index contributed by atoms with van der Waals surface area (Å²) in [5.41, 5.74) is 0.559. The maximum absolute atomic E-state index is 13.9. The number of hydrogen-bond acceptors (Lipinski definition) is 3. The Kier molecular flexibility index (Phi) is 5.28. The third kappa shape index (κ3) is 3.32. The molecular weight excluding hydrogens is 285 g/mol. The van der Waals surface area contributed by atoms with E-state index >= 15 is 0 Å². The molecule has 0 radical (unpaired) electrons. The minimum Gasteiger partial charge on any atom is -0.385 e. The highest BCUT2D eigenvalue weighted by atomic mass is 19.1. The van der Waals surface area contributed by atoms with E-state index in [0.717, 1.165) is 0 Å². The van der Waals surface area contributed by atoms with Gasteiger partial charge in [0, 0.05) is 26.5 Å². The molecule has 0 unspecified atom stereocenters. The second kappa shape index (κ2) is 7.38. The number of aromatic nitrogens is 1. The lowest BCUT2D eigenvalue weighted by molar-refractivity contribution is 0.0941. The third-order valence-corrected chi connectivity index (χ3v) is 3.14. The Bertz CT molecular complexity index is 704. The van der Waals surface area contributed by atoms with Crippen LogP contribution in [0.2, 0.25) is 0 Å². The second-order valence-corrected chi connectivity index (χ2v) is 4.61. The van der Waals surface area contributed by atoms with E-state index in [4.69, 9.17) is 10.00 Å². The first kappa shape index (κ1) is 15.7. The molecule has 0 aliphatic rings. The number of methoxy groups -OCH3 is 1. The summed E-state index contributed by atoms with van der Waals surface area (Å²) < 4.78 is 20.2. The lowest BCUT2D eigenvalue weighted by Crippen LogP contribution is -2.28. The number of ether oxygens (including phenoxy) is 1. The summed E-state index contributed by atoms with van der Waals surface area (Å²) in [7, 11) is 1.58. The van der Waals surface area contributed by atoms with Crippen molar-refractivity contribution < 1.29 is 13.9 Å². The average Bonchev–Trinajstić information content (AvgIpc) is 2.95. The molecule has 1 amide bonds. The van der Waals surface area contributed by atoms with Crippen molar-refractivity contribution in [3.05, 3.63) is 53.6 Å². The molecule has 1 heterocycles. The van der Waals surface area contributed by atoms with Crippen molar-refractivity contribution >= 4 is 5.91 Å². The van der Waals surface area contributed by atoms with E-state index in [2.05, 4.69) is 5.32 Å². The quantitative estimate of drug-likeness (QED) is 0.832. The third-order valence-electron chi connectivity index (χ3n) is 3.14. The van der Waals surface area contributed by atoms with Crippen molar-refractivity contribution in [3.63, 3.8) is 0 Å². The molecule has 0 atom stereocenters. The molecule has 0 aliphatic heterocycles. The van der Waals surface area contributed by atoms with Gasteiger partial charge >= 0.3 is 0 Å². The Morgan fingerprint density at radius 2 is 2.18 bits per heavy atom. The van der Waals surface area contributed by atoms with Gasteiger partial charge in [0.25, 0.3) is 5.91 Å². The number of nitrogens with zero attached hydrogens (tertiary/aromatic N) is 2. The van der Waals surface area contributed by atoms with Crippen molar-refractivity contribution in [2.45, 2.75) is 6.42 Å². The molecule has 0 fully saturated rings. The van der Waals surface area contributed by atoms with Crippen LogP contribution in [0.3, 0.4) is 0 Å². The molecule has 22 heavy (non-hydrogen) atoms. The van der Waals surface area contributed by atoms with Crippen molar-refractivity contribution in [2.75, 3.05) is 20.3 Å². The van der Waals surface area contributed by atoms with Crippen LogP contribution >= 0.6 is 0 Å². The van der Waals surface area contributed by atoms with E-state index in [1.54, 1.807) is 25.3 Å². The molecule has 0 spiro atoms. The SMILES string of the molecule is COCCCNC(=O)c1c(C#N)ccn1-c1ccccc1F. The Hall–Kier alpha value is -2.65. The first-order valence-corrected chi connectivity index (χ1v) is 6.82. The fraction of sp³-hybridized carbons (Fsp3) is 0.250. The van der Waals surface area contributed by atoms with E-state index in [0.29, 0.717) is 19.6 Å². The predicted molar refractivity (Wildman–Crippen MR) is 79.3 cm³/mol. The molecule has 0 bridgehead atoms. The van der Waals surface area contributed by atoms with Crippen LogP contribution in [0.5, 0.6) is 0 Å². The maximum atomic E-state index is 13.9. The van der Waals surface area contributed by atoms with Gasteiger partial charge in [0.05, 0.1) is 11.3 Å². The lowest BCUT2D eigenvalue weighted by atomic mass is 10.2. The number of hydrogen-bond donors (Lipinski definition) is 1. The Balaban J connectivity index is 2.30. The fourth-order valence-corrected chi connectivity index (χ4v) is 2.10. The minimum absolute atomic E-state index is 0.130. The monoisotopic (exact) mass is 301 g/mol. The van der Waals surface area contributed by atoms with Gasteiger partial charge in [-0.25, -0.2) is 4.39 Å². The van der Waals surface area contributed by atoms with Crippen LogP contribution in [0.25, 0.3) is 5.69 Å². The number of nitriles is 1. The molecule has 0 saturated carbocycles. The van der Waals surface area contributed by atoms with Crippen LogP contribution in [0.15, 0.2) is 36.5 Å². The summed E-state index contributed by atoms with van der Waals surface area (Å²) in [4.78, 5) is 12.3. The zero-order valence-corrected chi connectivity index (χ0v) is 12.2. The van der Waals surface area contributed by atoms with Crippen LogP contribution in [0.4, 0.5) is 4.39 Å². The van der Waals surface area contributed by atoms with E-state index in [-0.39, 0.29) is 16.9 Å². The second-order valence-electron chi connectivity index (χ2n) is 4.61. The average molecular weight is 301 g/mol. The zero-order valence-electron chi connectivity index (χ0n) is 12.2.